The van der Waals surface area contributed by atoms with E-state index < -0.39 is 0 Å². The molecule has 1 aromatic heterocycles. The number of nitrogens with zero attached hydrogens (tertiary/aromatic N) is 2. The van der Waals surface area contributed by atoms with E-state index >= 15 is 0 Å². The summed E-state index contributed by atoms with van der Waals surface area (Å²) in [6.07, 6.45) is 9.63. The molecule has 1 amide bonds. The monoisotopic (exact) mass is 343 g/mol. The summed E-state index contributed by atoms with van der Waals surface area (Å²) < 4.78 is 14.9. The Bertz CT molecular complexity index is 713. The average molecular weight is 343 g/mol. The van der Waals surface area contributed by atoms with E-state index in [-0.39, 0.29) is 36.0 Å². The largest absolute Gasteiger partial charge is 0.351 e. The van der Waals surface area contributed by atoms with Gasteiger partial charge in [0.25, 0.3) is 0 Å². The highest BCUT2D eigenvalue weighted by atomic mass is 19.1. The molecule has 1 saturated carbocycles. The van der Waals surface area contributed by atoms with Crippen LogP contribution in [0.5, 0.6) is 0 Å². The summed E-state index contributed by atoms with van der Waals surface area (Å²) in [6.45, 7) is 0. The number of rotatable bonds is 7. The molecule has 2 unspecified atom stereocenters. The topological polar surface area (TPSA) is 64.0 Å². The van der Waals surface area contributed by atoms with Crippen molar-refractivity contribution in [3.63, 3.8) is 0 Å². The van der Waals surface area contributed by atoms with Gasteiger partial charge in [-0.15, -0.1) is 0 Å². The van der Waals surface area contributed by atoms with Gasteiger partial charge in [-0.25, -0.2) is 9.37 Å². The summed E-state index contributed by atoms with van der Waals surface area (Å²) >= 11 is 0. The Morgan fingerprint density at radius 2 is 2.00 bits per heavy atom. The van der Waals surface area contributed by atoms with Gasteiger partial charge in [-0.2, -0.15) is 0 Å². The molecular formula is C19H22FN3O2. The number of carbonyl (C=O) groups is 2. The van der Waals surface area contributed by atoms with Crippen molar-refractivity contribution in [1.29, 1.82) is 0 Å². The number of hydrogen-bond acceptors (Lipinski definition) is 3. The summed E-state index contributed by atoms with van der Waals surface area (Å²) in [5, 5.41) is 3.09. The molecule has 2 aromatic rings. The van der Waals surface area contributed by atoms with Crippen LogP contribution in [0.15, 0.2) is 43.0 Å². The van der Waals surface area contributed by atoms with Gasteiger partial charge in [-0.05, 0) is 49.9 Å². The summed E-state index contributed by atoms with van der Waals surface area (Å²) in [6, 6.07) is 5.88. The van der Waals surface area contributed by atoms with E-state index in [0.717, 1.165) is 19.3 Å². The van der Waals surface area contributed by atoms with Gasteiger partial charge in [-0.1, -0.05) is 0 Å². The molecule has 25 heavy (non-hydrogen) atoms. The predicted molar refractivity (Wildman–Crippen MR) is 91.6 cm³/mol. The van der Waals surface area contributed by atoms with E-state index in [1.165, 1.54) is 24.3 Å². The maximum Gasteiger partial charge on any atom is 0.220 e. The highest BCUT2D eigenvalue weighted by molar-refractivity contribution is 5.96. The highest BCUT2D eigenvalue weighted by Crippen LogP contribution is 2.30. The maximum atomic E-state index is 12.9. The molecule has 6 heteroatoms. The second-order valence-corrected chi connectivity index (χ2v) is 6.47. The molecule has 1 N–H and O–H groups in total. The molecular weight excluding hydrogens is 321 g/mol. The van der Waals surface area contributed by atoms with Crippen molar-refractivity contribution in [3.05, 3.63) is 54.4 Å². The number of aromatic nitrogens is 2. The lowest BCUT2D eigenvalue weighted by atomic mass is 10.1. The number of Topliss-reactive ketones (excluding diaryl/α,β-unsaturated/α-hetero) is 1. The van der Waals surface area contributed by atoms with Crippen LogP contribution in [0.4, 0.5) is 4.39 Å². The smallest absolute Gasteiger partial charge is 0.220 e. The zero-order valence-corrected chi connectivity index (χ0v) is 14.0. The van der Waals surface area contributed by atoms with Crippen molar-refractivity contribution in [2.24, 2.45) is 0 Å². The first-order chi connectivity index (χ1) is 12.1. The molecule has 1 heterocycles. The molecule has 0 saturated heterocycles. The quantitative estimate of drug-likeness (QED) is 0.785. The summed E-state index contributed by atoms with van der Waals surface area (Å²) in [7, 11) is 0. The molecule has 0 bridgehead atoms. The number of benzene rings is 1. The first-order valence-corrected chi connectivity index (χ1v) is 8.69. The van der Waals surface area contributed by atoms with E-state index in [2.05, 4.69) is 14.9 Å². The SMILES string of the molecule is O=C(CCCC(=O)c1ccc(F)cc1)NC1CCCC1n1ccnc1. The van der Waals surface area contributed by atoms with Gasteiger partial charge in [0, 0.05) is 36.8 Å². The molecule has 0 radical (unpaired) electrons. The van der Waals surface area contributed by atoms with E-state index in [1.54, 1.807) is 12.5 Å². The number of nitrogens with one attached hydrogen (secondary N) is 1. The number of amides is 1. The van der Waals surface area contributed by atoms with Crippen LogP contribution in [0, 0.1) is 5.82 Å². The Labute approximate surface area is 146 Å². The van der Waals surface area contributed by atoms with Gasteiger partial charge in [0.2, 0.25) is 5.91 Å². The van der Waals surface area contributed by atoms with Crippen molar-refractivity contribution >= 4 is 11.7 Å². The molecule has 3 rings (SSSR count). The second-order valence-electron chi connectivity index (χ2n) is 6.47. The Balaban J connectivity index is 1.43. The summed E-state index contributed by atoms with van der Waals surface area (Å²) in [4.78, 5) is 28.3. The molecule has 0 spiro atoms. The fourth-order valence-corrected chi connectivity index (χ4v) is 3.40. The zero-order chi connectivity index (χ0) is 17.6. The van der Waals surface area contributed by atoms with Gasteiger partial charge in [0.15, 0.2) is 5.78 Å². The van der Waals surface area contributed by atoms with Crippen LogP contribution in [-0.2, 0) is 4.79 Å². The molecule has 2 atom stereocenters. The van der Waals surface area contributed by atoms with Crippen LogP contribution in [0.25, 0.3) is 0 Å². The number of imidazole rings is 1. The average Bonchev–Trinajstić information content (AvgIpc) is 3.26. The third-order valence-corrected chi connectivity index (χ3v) is 4.71. The number of ketones is 1. The van der Waals surface area contributed by atoms with E-state index in [1.807, 2.05) is 6.20 Å². The van der Waals surface area contributed by atoms with Gasteiger partial charge < -0.3 is 9.88 Å². The van der Waals surface area contributed by atoms with Crippen LogP contribution in [0.3, 0.4) is 0 Å². The van der Waals surface area contributed by atoms with Gasteiger partial charge in [0.1, 0.15) is 5.82 Å². The van der Waals surface area contributed by atoms with Gasteiger partial charge >= 0.3 is 0 Å². The van der Waals surface area contributed by atoms with Crippen molar-refractivity contribution in [3.8, 4) is 0 Å². The first kappa shape index (κ1) is 17.3. The number of hydrogen-bond donors (Lipinski definition) is 1. The molecule has 1 aliphatic rings. The minimum Gasteiger partial charge on any atom is -0.351 e. The molecule has 1 aromatic carbocycles. The highest BCUT2D eigenvalue weighted by Gasteiger charge is 2.29. The minimum atomic E-state index is -0.361. The summed E-state index contributed by atoms with van der Waals surface area (Å²) in [5.41, 5.74) is 0.484. The fraction of sp³-hybridized carbons (Fsp3) is 0.421. The molecule has 132 valence electrons. The lowest BCUT2D eigenvalue weighted by Crippen LogP contribution is -2.38. The Hall–Kier alpha value is -2.50. The van der Waals surface area contributed by atoms with Crippen LogP contribution >= 0.6 is 0 Å². The van der Waals surface area contributed by atoms with E-state index in [0.29, 0.717) is 18.4 Å². The van der Waals surface area contributed by atoms with Crippen LogP contribution in [-0.4, -0.2) is 27.3 Å². The second kappa shape index (κ2) is 8.05. The molecule has 1 aliphatic carbocycles. The molecule has 1 fully saturated rings. The van der Waals surface area contributed by atoms with Crippen LogP contribution in [0.2, 0.25) is 0 Å². The van der Waals surface area contributed by atoms with Gasteiger partial charge in [-0.3, -0.25) is 9.59 Å². The van der Waals surface area contributed by atoms with Crippen molar-refractivity contribution < 1.29 is 14.0 Å². The van der Waals surface area contributed by atoms with Crippen LogP contribution in [0.1, 0.15) is 54.9 Å². The lowest BCUT2D eigenvalue weighted by molar-refractivity contribution is -0.122. The molecule has 5 nitrogen and oxygen atoms in total. The number of carbonyl (C=O) groups excluding carboxylic acids is 2. The van der Waals surface area contributed by atoms with Crippen LogP contribution < -0.4 is 5.32 Å². The lowest BCUT2D eigenvalue weighted by Gasteiger charge is -2.22. The Morgan fingerprint density at radius 1 is 1.20 bits per heavy atom. The third-order valence-electron chi connectivity index (χ3n) is 4.71. The third kappa shape index (κ3) is 4.53. The molecule has 0 aliphatic heterocycles. The van der Waals surface area contributed by atoms with Crippen molar-refractivity contribution in [2.75, 3.05) is 0 Å². The Morgan fingerprint density at radius 3 is 2.72 bits per heavy atom. The fourth-order valence-electron chi connectivity index (χ4n) is 3.40. The predicted octanol–water partition coefficient (Wildman–Crippen LogP) is 3.29. The zero-order valence-electron chi connectivity index (χ0n) is 14.0. The normalized spacial score (nSPS) is 19.7. The van der Waals surface area contributed by atoms with E-state index in [9.17, 15) is 14.0 Å². The standard InChI is InChI=1S/C19H22FN3O2/c20-15-9-7-14(8-10-15)18(24)5-2-6-19(25)22-16-3-1-4-17(16)23-12-11-21-13-23/h7-13,16-17H,1-6H2,(H,22,25). The van der Waals surface area contributed by atoms with Gasteiger partial charge in [0.05, 0.1) is 12.4 Å². The maximum absolute atomic E-state index is 12.9. The Kier molecular flexibility index (Phi) is 5.58. The number of halogens is 1. The van der Waals surface area contributed by atoms with Crippen molar-refractivity contribution in [1.82, 2.24) is 14.9 Å². The van der Waals surface area contributed by atoms with E-state index in [4.69, 9.17) is 0 Å². The first-order valence-electron chi connectivity index (χ1n) is 8.69. The summed E-state index contributed by atoms with van der Waals surface area (Å²) in [5.74, 6) is -0.450. The minimum absolute atomic E-state index is 0.0241. The van der Waals surface area contributed by atoms with Crippen molar-refractivity contribution in [2.45, 2.75) is 50.6 Å².